The average molecular weight is 305 g/mol. The van der Waals surface area contributed by atoms with Gasteiger partial charge in [0.15, 0.2) is 0 Å². The zero-order valence-corrected chi connectivity index (χ0v) is 11.9. The second-order valence-electron chi connectivity index (χ2n) is 4.39. The van der Waals surface area contributed by atoms with Crippen LogP contribution in [0.25, 0.3) is 5.69 Å². The number of hydrogen-bond acceptors (Lipinski definition) is 6. The zero-order valence-electron chi connectivity index (χ0n) is 11.9. The minimum atomic E-state index is -0.889. The van der Waals surface area contributed by atoms with E-state index in [-0.39, 0.29) is 18.9 Å². The number of carbonyl (C=O) groups is 2. The van der Waals surface area contributed by atoms with Crippen LogP contribution in [-0.4, -0.2) is 50.8 Å². The summed E-state index contributed by atoms with van der Waals surface area (Å²) in [5.74, 6) is -0.670. The molecule has 116 valence electrons. The minimum Gasteiger partial charge on any atom is -0.494 e. The molecular weight excluding hydrogens is 290 g/mol. The third kappa shape index (κ3) is 3.78. The maximum absolute atomic E-state index is 12.1. The quantitative estimate of drug-likeness (QED) is 0.704. The maximum Gasteiger partial charge on any atom is 0.303 e. The second kappa shape index (κ2) is 7.16. The van der Waals surface area contributed by atoms with Gasteiger partial charge in [0.25, 0.3) is 5.91 Å². The van der Waals surface area contributed by atoms with Crippen molar-refractivity contribution < 1.29 is 19.4 Å². The first kappa shape index (κ1) is 15.4. The van der Waals surface area contributed by atoms with E-state index in [1.165, 1.54) is 18.1 Å². The van der Waals surface area contributed by atoms with Gasteiger partial charge >= 0.3 is 5.97 Å². The topological polar surface area (TPSA) is 119 Å². The monoisotopic (exact) mass is 305 g/mol. The average Bonchev–Trinajstić information content (AvgIpc) is 3.04. The first-order valence-corrected chi connectivity index (χ1v) is 6.53. The Morgan fingerprint density at radius 1 is 1.41 bits per heavy atom. The molecule has 1 heterocycles. The summed E-state index contributed by atoms with van der Waals surface area (Å²) in [6.45, 7) is 0.289. The van der Waals surface area contributed by atoms with Crippen molar-refractivity contribution in [3.63, 3.8) is 0 Å². The molecule has 0 unspecified atom stereocenters. The van der Waals surface area contributed by atoms with Crippen LogP contribution in [0.5, 0.6) is 5.75 Å². The molecular formula is C13H15N5O4. The molecule has 0 radical (unpaired) electrons. The molecule has 0 saturated carbocycles. The number of aliphatic carboxylic acids is 1. The smallest absolute Gasteiger partial charge is 0.303 e. The first-order valence-electron chi connectivity index (χ1n) is 6.53. The molecule has 1 amide bonds. The molecule has 0 fully saturated rings. The Kier molecular flexibility index (Phi) is 5.02. The van der Waals surface area contributed by atoms with Crippen LogP contribution in [-0.2, 0) is 4.79 Å². The van der Waals surface area contributed by atoms with E-state index in [9.17, 15) is 9.59 Å². The molecule has 0 spiro atoms. The molecule has 2 N–H and O–H groups in total. The van der Waals surface area contributed by atoms with E-state index in [0.717, 1.165) is 0 Å². The number of amides is 1. The van der Waals surface area contributed by atoms with Crippen LogP contribution < -0.4 is 10.1 Å². The SMILES string of the molecule is COc1ccc(C(=O)NCCCC(=O)O)cc1-n1cnnn1. The predicted molar refractivity (Wildman–Crippen MR) is 74.9 cm³/mol. The minimum absolute atomic E-state index is 0.0127. The van der Waals surface area contributed by atoms with Crippen molar-refractivity contribution in [3.8, 4) is 11.4 Å². The van der Waals surface area contributed by atoms with Crippen molar-refractivity contribution in [3.05, 3.63) is 30.1 Å². The van der Waals surface area contributed by atoms with Gasteiger partial charge in [-0.15, -0.1) is 5.10 Å². The van der Waals surface area contributed by atoms with Crippen LogP contribution in [0.2, 0.25) is 0 Å². The Balaban J connectivity index is 2.10. The highest BCUT2D eigenvalue weighted by molar-refractivity contribution is 5.95. The van der Waals surface area contributed by atoms with E-state index in [2.05, 4.69) is 20.8 Å². The number of carboxylic acid groups (broad SMARTS) is 1. The van der Waals surface area contributed by atoms with Crippen molar-refractivity contribution in [1.29, 1.82) is 0 Å². The lowest BCUT2D eigenvalue weighted by molar-refractivity contribution is -0.137. The van der Waals surface area contributed by atoms with Gasteiger partial charge in [-0.3, -0.25) is 9.59 Å². The number of carboxylic acids is 1. The lowest BCUT2D eigenvalue weighted by atomic mass is 10.1. The largest absolute Gasteiger partial charge is 0.494 e. The summed E-state index contributed by atoms with van der Waals surface area (Å²) in [6.07, 6.45) is 1.78. The zero-order chi connectivity index (χ0) is 15.9. The summed E-state index contributed by atoms with van der Waals surface area (Å²) in [4.78, 5) is 22.5. The van der Waals surface area contributed by atoms with Crippen molar-refractivity contribution >= 4 is 11.9 Å². The number of nitrogens with zero attached hydrogens (tertiary/aromatic N) is 4. The van der Waals surface area contributed by atoms with Crippen LogP contribution in [0.1, 0.15) is 23.2 Å². The molecule has 0 aliphatic heterocycles. The number of carbonyl (C=O) groups excluding carboxylic acids is 1. The Morgan fingerprint density at radius 2 is 2.23 bits per heavy atom. The Bertz CT molecular complexity index is 656. The second-order valence-corrected chi connectivity index (χ2v) is 4.39. The fraction of sp³-hybridized carbons (Fsp3) is 0.308. The van der Waals surface area contributed by atoms with E-state index in [0.29, 0.717) is 23.4 Å². The first-order chi connectivity index (χ1) is 10.6. The van der Waals surface area contributed by atoms with Crippen LogP contribution in [0.15, 0.2) is 24.5 Å². The van der Waals surface area contributed by atoms with Gasteiger partial charge < -0.3 is 15.2 Å². The van der Waals surface area contributed by atoms with Gasteiger partial charge in [0.1, 0.15) is 17.8 Å². The van der Waals surface area contributed by atoms with E-state index in [1.807, 2.05) is 0 Å². The molecule has 0 saturated heterocycles. The molecule has 1 aromatic heterocycles. The van der Waals surface area contributed by atoms with Crippen LogP contribution in [0.4, 0.5) is 0 Å². The number of tetrazole rings is 1. The predicted octanol–water partition coefficient (Wildman–Crippen LogP) is 0.265. The summed E-state index contributed by atoms with van der Waals surface area (Å²) in [6, 6.07) is 4.85. The molecule has 0 aliphatic carbocycles. The van der Waals surface area contributed by atoms with E-state index in [4.69, 9.17) is 9.84 Å². The number of benzene rings is 1. The van der Waals surface area contributed by atoms with Crippen molar-refractivity contribution in [2.75, 3.05) is 13.7 Å². The number of rotatable bonds is 7. The molecule has 0 atom stereocenters. The molecule has 22 heavy (non-hydrogen) atoms. The molecule has 9 nitrogen and oxygen atoms in total. The molecule has 2 aromatic rings. The van der Waals surface area contributed by atoms with Crippen molar-refractivity contribution in [2.24, 2.45) is 0 Å². The number of ether oxygens (including phenoxy) is 1. The maximum atomic E-state index is 12.1. The molecule has 0 bridgehead atoms. The highest BCUT2D eigenvalue weighted by atomic mass is 16.5. The Hall–Kier alpha value is -2.97. The molecule has 2 rings (SSSR count). The summed E-state index contributed by atoms with van der Waals surface area (Å²) >= 11 is 0. The third-order valence-corrected chi connectivity index (χ3v) is 2.89. The fourth-order valence-electron chi connectivity index (χ4n) is 1.83. The number of hydrogen-bond donors (Lipinski definition) is 2. The summed E-state index contributed by atoms with van der Waals surface area (Å²) in [7, 11) is 1.51. The van der Waals surface area contributed by atoms with Gasteiger partial charge in [0, 0.05) is 18.5 Å². The lowest BCUT2D eigenvalue weighted by Crippen LogP contribution is -2.25. The Morgan fingerprint density at radius 3 is 2.86 bits per heavy atom. The molecule has 0 aliphatic rings. The van der Waals surface area contributed by atoms with Gasteiger partial charge in [0.05, 0.1) is 7.11 Å². The Labute approximate surface area is 125 Å². The number of aromatic nitrogens is 4. The fourth-order valence-corrected chi connectivity index (χ4v) is 1.83. The van der Waals surface area contributed by atoms with Gasteiger partial charge in [-0.2, -0.15) is 4.68 Å². The van der Waals surface area contributed by atoms with Crippen molar-refractivity contribution in [2.45, 2.75) is 12.8 Å². The molecule has 9 heteroatoms. The summed E-state index contributed by atoms with van der Waals surface area (Å²) in [5.41, 5.74) is 0.937. The van der Waals surface area contributed by atoms with Crippen LogP contribution in [0, 0.1) is 0 Å². The highest BCUT2D eigenvalue weighted by Crippen LogP contribution is 2.22. The van der Waals surface area contributed by atoms with Crippen LogP contribution in [0.3, 0.4) is 0 Å². The van der Waals surface area contributed by atoms with Gasteiger partial charge in [0.2, 0.25) is 0 Å². The number of nitrogens with one attached hydrogen (secondary N) is 1. The number of methoxy groups -OCH3 is 1. The van der Waals surface area contributed by atoms with Gasteiger partial charge in [-0.1, -0.05) is 0 Å². The summed E-state index contributed by atoms with van der Waals surface area (Å²) in [5, 5.41) is 22.1. The van der Waals surface area contributed by atoms with Crippen LogP contribution >= 0.6 is 0 Å². The van der Waals surface area contributed by atoms with E-state index >= 15 is 0 Å². The van der Waals surface area contributed by atoms with Gasteiger partial charge in [-0.25, -0.2) is 0 Å². The third-order valence-electron chi connectivity index (χ3n) is 2.89. The normalized spacial score (nSPS) is 10.2. The lowest BCUT2D eigenvalue weighted by Gasteiger charge is -2.10. The molecule has 1 aromatic carbocycles. The standard InChI is InChI=1S/C13H15N5O4/c1-22-11-5-4-9(7-10(11)18-8-15-16-17-18)13(21)14-6-2-3-12(19)20/h4-5,7-8H,2-3,6H2,1H3,(H,14,21)(H,19,20). The van der Waals surface area contributed by atoms with E-state index < -0.39 is 5.97 Å². The van der Waals surface area contributed by atoms with E-state index in [1.54, 1.807) is 18.2 Å². The highest BCUT2D eigenvalue weighted by Gasteiger charge is 2.12. The van der Waals surface area contributed by atoms with Gasteiger partial charge in [-0.05, 0) is 35.0 Å². The summed E-state index contributed by atoms with van der Waals surface area (Å²) < 4.78 is 6.60. The van der Waals surface area contributed by atoms with Crippen molar-refractivity contribution in [1.82, 2.24) is 25.5 Å².